The van der Waals surface area contributed by atoms with Crippen molar-refractivity contribution in [1.29, 1.82) is 0 Å². The topological polar surface area (TPSA) is 73.2 Å². The molecule has 0 spiro atoms. The van der Waals surface area contributed by atoms with Crippen LogP contribution in [0.25, 0.3) is 11.3 Å². The van der Waals surface area contributed by atoms with Crippen molar-refractivity contribution in [3.8, 4) is 11.3 Å². The van der Waals surface area contributed by atoms with Crippen LogP contribution in [0.1, 0.15) is 49.3 Å². The van der Waals surface area contributed by atoms with Crippen LogP contribution in [0.3, 0.4) is 0 Å². The third kappa shape index (κ3) is 3.96. The first-order valence-corrected chi connectivity index (χ1v) is 11.6. The molecule has 4 aromatic rings. The second kappa shape index (κ2) is 8.33. The highest BCUT2D eigenvalue weighted by Crippen LogP contribution is 2.32. The molecule has 0 saturated heterocycles. The van der Waals surface area contributed by atoms with Gasteiger partial charge in [-0.15, -0.1) is 11.3 Å². The third-order valence-electron chi connectivity index (χ3n) is 6.19. The molecule has 166 valence electrons. The highest BCUT2D eigenvalue weighted by Gasteiger charge is 2.28. The van der Waals surface area contributed by atoms with Gasteiger partial charge in [-0.1, -0.05) is 30.3 Å². The first kappa shape index (κ1) is 21.2. The Bertz CT molecular complexity index is 1370. The SMILES string of the molecule is Cc1cc(-c2csc(NC(=O)c3ccc4c(c3)CC(c3ccccc3)OC4=O)n2)c(C)n1C. The van der Waals surface area contributed by atoms with Crippen LogP contribution < -0.4 is 5.32 Å². The van der Waals surface area contributed by atoms with E-state index in [1.165, 1.54) is 11.3 Å². The van der Waals surface area contributed by atoms with E-state index in [2.05, 4.69) is 34.8 Å². The molecule has 2 aromatic carbocycles. The number of amides is 1. The average Bonchev–Trinajstić information content (AvgIpc) is 3.39. The Balaban J connectivity index is 1.36. The van der Waals surface area contributed by atoms with Crippen molar-refractivity contribution in [2.45, 2.75) is 26.4 Å². The maximum absolute atomic E-state index is 12.9. The average molecular weight is 458 g/mol. The lowest BCUT2D eigenvalue weighted by Crippen LogP contribution is -2.23. The minimum atomic E-state index is -0.366. The molecule has 6 nitrogen and oxygen atoms in total. The molecule has 0 saturated carbocycles. The maximum atomic E-state index is 12.9. The molecule has 1 N–H and O–H groups in total. The molecular weight excluding hydrogens is 434 g/mol. The summed E-state index contributed by atoms with van der Waals surface area (Å²) in [6.45, 7) is 4.11. The molecule has 0 radical (unpaired) electrons. The van der Waals surface area contributed by atoms with E-state index < -0.39 is 0 Å². The van der Waals surface area contributed by atoms with Gasteiger partial charge in [0.15, 0.2) is 5.13 Å². The molecule has 7 heteroatoms. The summed E-state index contributed by atoms with van der Waals surface area (Å²) in [5, 5.41) is 5.38. The fourth-order valence-electron chi connectivity index (χ4n) is 4.13. The third-order valence-corrected chi connectivity index (χ3v) is 6.95. The van der Waals surface area contributed by atoms with E-state index in [1.807, 2.05) is 42.8 Å². The van der Waals surface area contributed by atoms with Crippen LogP contribution in [0.15, 0.2) is 60.0 Å². The molecule has 3 heterocycles. The van der Waals surface area contributed by atoms with Crippen molar-refractivity contribution in [1.82, 2.24) is 9.55 Å². The zero-order valence-corrected chi connectivity index (χ0v) is 19.4. The summed E-state index contributed by atoms with van der Waals surface area (Å²) in [4.78, 5) is 30.0. The van der Waals surface area contributed by atoms with Crippen LogP contribution in [0, 0.1) is 13.8 Å². The van der Waals surface area contributed by atoms with Crippen molar-refractivity contribution in [3.05, 3.63) is 93.6 Å². The Kier molecular flexibility index (Phi) is 5.34. The Morgan fingerprint density at radius 2 is 1.91 bits per heavy atom. The van der Waals surface area contributed by atoms with Gasteiger partial charge in [0, 0.05) is 41.4 Å². The maximum Gasteiger partial charge on any atom is 0.339 e. The van der Waals surface area contributed by atoms with E-state index in [1.54, 1.807) is 18.2 Å². The zero-order valence-electron chi connectivity index (χ0n) is 18.6. The number of ether oxygens (including phenoxy) is 1. The number of cyclic esters (lactones) is 1. The smallest absolute Gasteiger partial charge is 0.339 e. The van der Waals surface area contributed by atoms with Crippen LogP contribution in [-0.4, -0.2) is 21.4 Å². The number of carbonyl (C=O) groups is 2. The number of fused-ring (bicyclic) bond motifs is 1. The molecule has 1 unspecified atom stereocenters. The summed E-state index contributed by atoms with van der Waals surface area (Å²) in [5.41, 5.74) is 6.93. The van der Waals surface area contributed by atoms with Crippen molar-refractivity contribution in [2.24, 2.45) is 7.05 Å². The van der Waals surface area contributed by atoms with E-state index in [0.29, 0.717) is 22.7 Å². The van der Waals surface area contributed by atoms with Gasteiger partial charge in [0.05, 0.1) is 11.3 Å². The molecule has 1 atom stereocenters. The molecule has 2 aromatic heterocycles. The molecule has 0 bridgehead atoms. The Morgan fingerprint density at radius 1 is 1.12 bits per heavy atom. The molecule has 0 aliphatic carbocycles. The van der Waals surface area contributed by atoms with Gasteiger partial charge in [0.2, 0.25) is 0 Å². The Morgan fingerprint density at radius 3 is 2.64 bits per heavy atom. The molecule has 1 amide bonds. The lowest BCUT2D eigenvalue weighted by molar-refractivity contribution is 0.0252. The molecule has 0 fully saturated rings. The van der Waals surface area contributed by atoms with Crippen LogP contribution in [0.5, 0.6) is 0 Å². The molecule has 5 rings (SSSR count). The fraction of sp³-hybridized carbons (Fsp3) is 0.192. The van der Waals surface area contributed by atoms with E-state index in [4.69, 9.17) is 4.74 Å². The fourth-order valence-corrected chi connectivity index (χ4v) is 4.84. The largest absolute Gasteiger partial charge is 0.454 e. The summed E-state index contributed by atoms with van der Waals surface area (Å²) >= 11 is 1.39. The highest BCUT2D eigenvalue weighted by molar-refractivity contribution is 7.14. The molecule has 33 heavy (non-hydrogen) atoms. The van der Waals surface area contributed by atoms with Gasteiger partial charge in [-0.05, 0) is 49.2 Å². The first-order chi connectivity index (χ1) is 15.9. The number of esters is 1. The quantitative estimate of drug-likeness (QED) is 0.412. The number of aromatic nitrogens is 2. The zero-order chi connectivity index (χ0) is 23.1. The number of nitrogens with zero attached hydrogens (tertiary/aromatic N) is 2. The van der Waals surface area contributed by atoms with Crippen molar-refractivity contribution < 1.29 is 14.3 Å². The van der Waals surface area contributed by atoms with E-state index in [-0.39, 0.29) is 18.0 Å². The number of carbonyl (C=O) groups excluding carboxylic acids is 2. The second-order valence-electron chi connectivity index (χ2n) is 8.22. The van der Waals surface area contributed by atoms with Crippen molar-refractivity contribution in [3.63, 3.8) is 0 Å². The van der Waals surface area contributed by atoms with Gasteiger partial charge in [0.25, 0.3) is 5.91 Å². The number of benzene rings is 2. The van der Waals surface area contributed by atoms with E-state index >= 15 is 0 Å². The van der Waals surface area contributed by atoms with E-state index in [9.17, 15) is 9.59 Å². The number of thiazole rings is 1. The van der Waals surface area contributed by atoms with Gasteiger partial charge in [-0.25, -0.2) is 9.78 Å². The van der Waals surface area contributed by atoms with Crippen LogP contribution >= 0.6 is 11.3 Å². The van der Waals surface area contributed by atoms with Crippen molar-refractivity contribution in [2.75, 3.05) is 5.32 Å². The second-order valence-corrected chi connectivity index (χ2v) is 9.07. The minimum absolute atomic E-state index is 0.255. The number of hydrogen-bond donors (Lipinski definition) is 1. The summed E-state index contributed by atoms with van der Waals surface area (Å²) in [6.07, 6.45) is 0.170. The molecule has 1 aliphatic heterocycles. The number of hydrogen-bond acceptors (Lipinski definition) is 5. The monoisotopic (exact) mass is 457 g/mol. The number of anilines is 1. The Hall–Kier alpha value is -3.71. The summed E-state index contributed by atoms with van der Waals surface area (Å²) in [6, 6.07) is 16.8. The van der Waals surface area contributed by atoms with E-state index in [0.717, 1.165) is 33.8 Å². The summed E-state index contributed by atoms with van der Waals surface area (Å²) in [7, 11) is 2.03. The normalized spacial score (nSPS) is 15.1. The predicted octanol–water partition coefficient (Wildman–Crippen LogP) is 5.47. The summed E-state index contributed by atoms with van der Waals surface area (Å²) < 4.78 is 7.73. The minimum Gasteiger partial charge on any atom is -0.454 e. The van der Waals surface area contributed by atoms with Crippen LogP contribution in [0.4, 0.5) is 5.13 Å². The molecule has 1 aliphatic rings. The number of aryl methyl sites for hydroxylation is 1. The predicted molar refractivity (Wildman–Crippen MR) is 129 cm³/mol. The Labute approximate surface area is 195 Å². The van der Waals surface area contributed by atoms with Gasteiger partial charge < -0.3 is 9.30 Å². The lowest BCUT2D eigenvalue weighted by atomic mass is 9.93. The lowest BCUT2D eigenvalue weighted by Gasteiger charge is -2.25. The van der Waals surface area contributed by atoms with Gasteiger partial charge in [-0.3, -0.25) is 10.1 Å². The highest BCUT2D eigenvalue weighted by atomic mass is 32.1. The van der Waals surface area contributed by atoms with Gasteiger partial charge in [-0.2, -0.15) is 0 Å². The van der Waals surface area contributed by atoms with Crippen LogP contribution in [-0.2, 0) is 18.2 Å². The molecular formula is C26H23N3O3S. The summed E-state index contributed by atoms with van der Waals surface area (Å²) in [5.74, 6) is -0.620. The van der Waals surface area contributed by atoms with Gasteiger partial charge in [0.1, 0.15) is 6.10 Å². The standard InChI is InChI=1S/C26H23N3O3S/c1-15-11-21(16(2)29(15)3)22-14-33-26(27-22)28-24(30)18-9-10-20-19(12-18)13-23(32-25(20)31)17-7-5-4-6-8-17/h4-12,14,23H,13H2,1-3H3,(H,27,28,30). The number of rotatable bonds is 4. The van der Waals surface area contributed by atoms with Crippen LogP contribution in [0.2, 0.25) is 0 Å². The number of nitrogens with one attached hydrogen (secondary N) is 1. The van der Waals surface area contributed by atoms with Crippen molar-refractivity contribution >= 4 is 28.3 Å². The van der Waals surface area contributed by atoms with Gasteiger partial charge >= 0.3 is 5.97 Å². The first-order valence-electron chi connectivity index (χ1n) is 10.7.